The summed E-state index contributed by atoms with van der Waals surface area (Å²) < 4.78 is 31.9. The fraction of sp³-hybridized carbons (Fsp3) is 0.286. The van der Waals surface area contributed by atoms with Gasteiger partial charge in [0.05, 0.1) is 23.1 Å². The van der Waals surface area contributed by atoms with Crippen molar-refractivity contribution in [3.63, 3.8) is 0 Å². The lowest BCUT2D eigenvalue weighted by molar-refractivity contribution is 0.385. The number of nitrogens with one attached hydrogen (secondary N) is 1. The summed E-state index contributed by atoms with van der Waals surface area (Å²) in [6.45, 7) is 7.30. The van der Waals surface area contributed by atoms with Gasteiger partial charge in [-0.2, -0.15) is 19.8 Å². The van der Waals surface area contributed by atoms with E-state index in [1.54, 1.807) is 31.3 Å². The standard InChI is InChI=1S/C28H29N7O3S/c1-4-39(36,37)35-14-12-34(13-15-35)25-8-7-24(18-23(25)19-30)32-28-31-11-9-26(33-28)38-27-20(2)16-22(6-5-10-29)17-21(27)3/h5-9,11,16-18H,4,12-15H2,1-3H3,(H,31,32,33). The molecule has 39 heavy (non-hydrogen) atoms. The largest absolute Gasteiger partial charge is 0.438 e. The van der Waals surface area contributed by atoms with Gasteiger partial charge in [0.25, 0.3) is 0 Å². The van der Waals surface area contributed by atoms with Crippen LogP contribution in [0.1, 0.15) is 29.2 Å². The van der Waals surface area contributed by atoms with E-state index in [4.69, 9.17) is 10.00 Å². The monoisotopic (exact) mass is 543 g/mol. The van der Waals surface area contributed by atoms with Crippen LogP contribution in [0.2, 0.25) is 0 Å². The summed E-state index contributed by atoms with van der Waals surface area (Å²) in [7, 11) is -3.22. The van der Waals surface area contributed by atoms with Crippen LogP contribution in [0.25, 0.3) is 6.08 Å². The fourth-order valence-corrected chi connectivity index (χ4v) is 5.52. The van der Waals surface area contributed by atoms with Crippen molar-refractivity contribution in [1.29, 1.82) is 10.5 Å². The second kappa shape index (κ2) is 11.9. The molecule has 1 fully saturated rings. The number of piperazine rings is 1. The molecule has 10 nitrogen and oxygen atoms in total. The number of anilines is 3. The number of nitriles is 2. The van der Waals surface area contributed by atoms with Gasteiger partial charge in [-0.25, -0.2) is 13.4 Å². The number of rotatable bonds is 8. The fourth-order valence-electron chi connectivity index (χ4n) is 4.44. The highest BCUT2D eigenvalue weighted by Crippen LogP contribution is 2.31. The smallest absolute Gasteiger partial charge is 0.230 e. The molecule has 2 heterocycles. The molecule has 0 bridgehead atoms. The lowest BCUT2D eigenvalue weighted by Crippen LogP contribution is -2.49. The average molecular weight is 544 g/mol. The van der Waals surface area contributed by atoms with Gasteiger partial charge in [-0.05, 0) is 73.9 Å². The minimum atomic E-state index is -3.22. The molecule has 0 amide bonds. The van der Waals surface area contributed by atoms with Gasteiger partial charge in [-0.1, -0.05) is 0 Å². The highest BCUT2D eigenvalue weighted by Gasteiger charge is 2.26. The van der Waals surface area contributed by atoms with Crippen molar-refractivity contribution in [3.8, 4) is 23.8 Å². The third-order valence-corrected chi connectivity index (χ3v) is 8.26. The second-order valence-electron chi connectivity index (χ2n) is 9.02. The van der Waals surface area contributed by atoms with Crippen molar-refractivity contribution in [2.24, 2.45) is 0 Å². The molecular weight excluding hydrogens is 514 g/mol. The van der Waals surface area contributed by atoms with E-state index in [1.807, 2.05) is 49.1 Å². The molecular formula is C28H29N7O3S. The highest BCUT2D eigenvalue weighted by atomic mass is 32.2. The number of benzene rings is 2. The van der Waals surface area contributed by atoms with Crippen LogP contribution in [0.5, 0.6) is 11.6 Å². The van der Waals surface area contributed by atoms with Crippen LogP contribution in [0, 0.1) is 36.5 Å². The van der Waals surface area contributed by atoms with E-state index in [2.05, 4.69) is 21.4 Å². The zero-order chi connectivity index (χ0) is 28.0. The summed E-state index contributed by atoms with van der Waals surface area (Å²) in [5, 5.41) is 21.7. The Morgan fingerprint density at radius 2 is 1.79 bits per heavy atom. The summed E-state index contributed by atoms with van der Waals surface area (Å²) >= 11 is 0. The Kier molecular flexibility index (Phi) is 8.45. The topological polar surface area (TPSA) is 135 Å². The van der Waals surface area contributed by atoms with Crippen LogP contribution >= 0.6 is 0 Å². The maximum atomic E-state index is 12.2. The van der Waals surface area contributed by atoms with Crippen LogP contribution in [-0.4, -0.2) is 54.6 Å². The third kappa shape index (κ3) is 6.52. The molecule has 1 saturated heterocycles. The summed E-state index contributed by atoms with van der Waals surface area (Å²) in [4.78, 5) is 10.8. The van der Waals surface area contributed by atoms with Gasteiger partial charge in [0.1, 0.15) is 11.8 Å². The van der Waals surface area contributed by atoms with Gasteiger partial charge < -0.3 is 15.0 Å². The predicted octanol–water partition coefficient (Wildman–Crippen LogP) is 4.51. The van der Waals surface area contributed by atoms with E-state index in [0.29, 0.717) is 55.0 Å². The first-order chi connectivity index (χ1) is 18.7. The zero-order valence-electron chi connectivity index (χ0n) is 22.0. The molecule has 0 atom stereocenters. The van der Waals surface area contributed by atoms with Gasteiger partial charge in [0.15, 0.2) is 0 Å². The molecule has 200 valence electrons. The van der Waals surface area contributed by atoms with E-state index < -0.39 is 10.0 Å². The van der Waals surface area contributed by atoms with E-state index in [9.17, 15) is 13.7 Å². The molecule has 0 radical (unpaired) electrons. The quantitative estimate of drug-likeness (QED) is 0.407. The number of hydrogen-bond acceptors (Lipinski definition) is 9. The van der Waals surface area contributed by atoms with Crippen LogP contribution in [0.4, 0.5) is 17.3 Å². The van der Waals surface area contributed by atoms with E-state index >= 15 is 0 Å². The van der Waals surface area contributed by atoms with Crippen molar-refractivity contribution in [2.45, 2.75) is 20.8 Å². The number of sulfonamides is 1. The summed E-state index contributed by atoms with van der Waals surface area (Å²) in [6, 6.07) is 15.2. The van der Waals surface area contributed by atoms with E-state index in [-0.39, 0.29) is 5.75 Å². The Bertz CT molecular complexity index is 1560. The maximum Gasteiger partial charge on any atom is 0.230 e. The molecule has 3 aromatic rings. The predicted molar refractivity (Wildman–Crippen MR) is 150 cm³/mol. The molecule has 0 saturated carbocycles. The number of aryl methyl sites for hydroxylation is 2. The molecule has 0 aliphatic carbocycles. The number of hydrogen-bond donors (Lipinski definition) is 1. The lowest BCUT2D eigenvalue weighted by Gasteiger charge is -2.35. The molecule has 1 aliphatic rings. The van der Waals surface area contributed by atoms with Crippen molar-refractivity contribution < 1.29 is 13.2 Å². The van der Waals surface area contributed by atoms with Crippen LogP contribution in [-0.2, 0) is 10.0 Å². The lowest BCUT2D eigenvalue weighted by atomic mass is 10.1. The summed E-state index contributed by atoms with van der Waals surface area (Å²) in [6.07, 6.45) is 4.76. The molecule has 11 heteroatoms. The molecule has 0 spiro atoms. The first-order valence-corrected chi connectivity index (χ1v) is 14.1. The van der Waals surface area contributed by atoms with E-state index in [0.717, 1.165) is 22.4 Å². The number of ether oxygens (including phenoxy) is 1. The van der Waals surface area contributed by atoms with Gasteiger partial charge in [0, 0.05) is 50.2 Å². The molecule has 0 unspecified atom stereocenters. The Labute approximate surface area is 228 Å². The van der Waals surface area contributed by atoms with Crippen LogP contribution in [0.15, 0.2) is 48.7 Å². The van der Waals surface area contributed by atoms with Crippen LogP contribution in [0.3, 0.4) is 0 Å². The normalized spacial score (nSPS) is 14.1. The van der Waals surface area contributed by atoms with E-state index in [1.165, 1.54) is 10.4 Å². The molecule has 1 aromatic heterocycles. The number of aromatic nitrogens is 2. The zero-order valence-corrected chi connectivity index (χ0v) is 22.9. The summed E-state index contributed by atoms with van der Waals surface area (Å²) in [5.74, 6) is 1.43. The second-order valence-corrected chi connectivity index (χ2v) is 11.3. The first-order valence-electron chi connectivity index (χ1n) is 12.5. The Balaban J connectivity index is 1.48. The minimum Gasteiger partial charge on any atom is -0.438 e. The van der Waals surface area contributed by atoms with Crippen molar-refractivity contribution in [3.05, 3.63) is 70.9 Å². The van der Waals surface area contributed by atoms with Gasteiger partial charge in [0.2, 0.25) is 21.9 Å². The molecule has 2 aromatic carbocycles. The Morgan fingerprint density at radius 1 is 1.08 bits per heavy atom. The van der Waals surface area contributed by atoms with Gasteiger partial charge in [-0.3, -0.25) is 0 Å². The van der Waals surface area contributed by atoms with Crippen LogP contribution < -0.4 is 15.0 Å². The van der Waals surface area contributed by atoms with Gasteiger partial charge >= 0.3 is 0 Å². The van der Waals surface area contributed by atoms with Crippen molar-refractivity contribution in [2.75, 3.05) is 42.1 Å². The third-order valence-electron chi connectivity index (χ3n) is 6.38. The SMILES string of the molecule is CCS(=O)(=O)N1CCN(c2ccc(Nc3nccc(Oc4c(C)cc(C=CC#N)cc4C)n3)cc2C#N)CC1. The number of allylic oxidation sites excluding steroid dienone is 1. The first kappa shape index (κ1) is 27.6. The summed E-state index contributed by atoms with van der Waals surface area (Å²) in [5.41, 5.74) is 4.59. The Hall–Kier alpha value is -4.45. The highest BCUT2D eigenvalue weighted by molar-refractivity contribution is 7.89. The maximum absolute atomic E-state index is 12.2. The molecule has 4 rings (SSSR count). The van der Waals surface area contributed by atoms with Crippen molar-refractivity contribution in [1.82, 2.24) is 14.3 Å². The minimum absolute atomic E-state index is 0.0809. The Morgan fingerprint density at radius 3 is 2.44 bits per heavy atom. The molecule has 1 N–H and O–H groups in total. The molecule has 1 aliphatic heterocycles. The van der Waals surface area contributed by atoms with Crippen molar-refractivity contribution >= 4 is 33.4 Å². The average Bonchev–Trinajstić information content (AvgIpc) is 2.94. The number of nitrogens with zero attached hydrogens (tertiary/aromatic N) is 6. The van der Waals surface area contributed by atoms with Gasteiger partial charge in [-0.15, -0.1) is 0 Å².